The van der Waals surface area contributed by atoms with Crippen molar-refractivity contribution in [2.24, 2.45) is 11.8 Å². The van der Waals surface area contributed by atoms with Crippen molar-refractivity contribution in [1.82, 2.24) is 10.6 Å². The molecular weight excluding hydrogens is 492 g/mol. The Bertz CT molecular complexity index is 1110. The zero-order valence-electron chi connectivity index (χ0n) is 20.2. The molecule has 0 spiro atoms. The molecule has 7 nitrogen and oxygen atoms in total. The van der Waals surface area contributed by atoms with Crippen molar-refractivity contribution in [3.05, 3.63) is 58.1 Å². The molecule has 0 radical (unpaired) electrons. The third-order valence-corrected chi connectivity index (χ3v) is 6.22. The minimum Gasteiger partial charge on any atom is -0.487 e. The van der Waals surface area contributed by atoms with E-state index < -0.39 is 24.8 Å². The SMILES string of the molecule is CC(C)C(=O)NCc1ccc(Cl)c(C(=O)Nc2ccc(OCC(F)F)c(C(=O)NCC3CCC3)c2)c1. The van der Waals surface area contributed by atoms with Crippen LogP contribution in [0.25, 0.3) is 0 Å². The lowest BCUT2D eigenvalue weighted by atomic mass is 9.85. The maximum absolute atomic E-state index is 13.0. The molecule has 0 atom stereocenters. The molecule has 2 aromatic rings. The summed E-state index contributed by atoms with van der Waals surface area (Å²) in [7, 11) is 0. The molecule has 0 heterocycles. The van der Waals surface area contributed by atoms with E-state index in [9.17, 15) is 23.2 Å². The van der Waals surface area contributed by atoms with Crippen LogP contribution in [0.2, 0.25) is 5.02 Å². The Morgan fingerprint density at radius 2 is 1.78 bits per heavy atom. The molecule has 3 amide bonds. The number of carbonyl (C=O) groups is 3. The van der Waals surface area contributed by atoms with Crippen molar-refractivity contribution < 1.29 is 27.9 Å². The fourth-order valence-corrected chi connectivity index (χ4v) is 3.74. The first kappa shape index (κ1) is 27.4. The summed E-state index contributed by atoms with van der Waals surface area (Å²) in [6.07, 6.45) is 0.492. The van der Waals surface area contributed by atoms with E-state index in [-0.39, 0.29) is 46.0 Å². The highest BCUT2D eigenvalue weighted by atomic mass is 35.5. The smallest absolute Gasteiger partial charge is 0.272 e. The number of amides is 3. The Kier molecular flexibility index (Phi) is 9.64. The Morgan fingerprint density at radius 3 is 2.42 bits per heavy atom. The van der Waals surface area contributed by atoms with Crippen molar-refractivity contribution in [1.29, 1.82) is 0 Å². The molecule has 1 fully saturated rings. The van der Waals surface area contributed by atoms with Gasteiger partial charge in [-0.05, 0) is 54.7 Å². The first-order chi connectivity index (χ1) is 17.1. The van der Waals surface area contributed by atoms with Crippen LogP contribution in [0.15, 0.2) is 36.4 Å². The summed E-state index contributed by atoms with van der Waals surface area (Å²) in [5.74, 6) is -0.884. The lowest BCUT2D eigenvalue weighted by Gasteiger charge is -2.25. The quantitative estimate of drug-likeness (QED) is 0.386. The second-order valence-corrected chi connectivity index (χ2v) is 9.47. The molecule has 2 aromatic carbocycles. The summed E-state index contributed by atoms with van der Waals surface area (Å²) in [4.78, 5) is 37.6. The van der Waals surface area contributed by atoms with Crippen molar-refractivity contribution in [3.63, 3.8) is 0 Å². The average Bonchev–Trinajstić information content (AvgIpc) is 2.81. The zero-order chi connectivity index (χ0) is 26.2. The van der Waals surface area contributed by atoms with Gasteiger partial charge < -0.3 is 20.7 Å². The van der Waals surface area contributed by atoms with Gasteiger partial charge in [0.2, 0.25) is 5.91 Å². The molecule has 0 aliphatic heterocycles. The Morgan fingerprint density at radius 1 is 1.03 bits per heavy atom. The van der Waals surface area contributed by atoms with Gasteiger partial charge in [0.05, 0.1) is 16.1 Å². The Hall–Kier alpha value is -3.20. The highest BCUT2D eigenvalue weighted by Gasteiger charge is 2.21. The number of hydrogen-bond donors (Lipinski definition) is 3. The fraction of sp³-hybridized carbons (Fsp3) is 0.423. The Labute approximate surface area is 213 Å². The van der Waals surface area contributed by atoms with Crippen LogP contribution in [0.3, 0.4) is 0 Å². The maximum Gasteiger partial charge on any atom is 0.272 e. The van der Waals surface area contributed by atoms with Gasteiger partial charge in [-0.3, -0.25) is 14.4 Å². The standard InChI is InChI=1S/C26H30ClF2N3O4/c1-15(2)24(33)30-13-17-6-8-21(27)19(10-17)26(35)32-18-7-9-22(36-14-23(28)29)20(11-18)25(34)31-12-16-4-3-5-16/h6-11,15-16,23H,3-5,12-14H2,1-2H3,(H,30,33)(H,31,34)(H,32,35). The number of nitrogens with one attached hydrogen (secondary N) is 3. The molecule has 0 bridgehead atoms. The van der Waals surface area contributed by atoms with Crippen LogP contribution in [0, 0.1) is 11.8 Å². The van der Waals surface area contributed by atoms with Gasteiger partial charge in [0.1, 0.15) is 12.4 Å². The molecule has 1 aliphatic carbocycles. The average molecular weight is 522 g/mol. The summed E-state index contributed by atoms with van der Waals surface area (Å²) < 4.78 is 30.5. The molecule has 3 rings (SSSR count). The summed E-state index contributed by atoms with van der Waals surface area (Å²) in [6.45, 7) is 3.42. The van der Waals surface area contributed by atoms with Crippen LogP contribution in [0.1, 0.15) is 59.4 Å². The van der Waals surface area contributed by atoms with Gasteiger partial charge in [0.15, 0.2) is 0 Å². The van der Waals surface area contributed by atoms with E-state index in [1.165, 1.54) is 18.2 Å². The van der Waals surface area contributed by atoms with E-state index in [4.69, 9.17) is 16.3 Å². The maximum atomic E-state index is 13.0. The summed E-state index contributed by atoms with van der Waals surface area (Å²) in [5.41, 5.74) is 1.18. The second-order valence-electron chi connectivity index (χ2n) is 9.06. The molecule has 1 aliphatic rings. The molecule has 10 heteroatoms. The number of rotatable bonds is 11. The van der Waals surface area contributed by atoms with Crippen molar-refractivity contribution >= 4 is 35.0 Å². The van der Waals surface area contributed by atoms with Crippen molar-refractivity contribution in [2.45, 2.75) is 46.1 Å². The molecule has 194 valence electrons. The third kappa shape index (κ3) is 7.65. The van der Waals surface area contributed by atoms with Gasteiger partial charge >= 0.3 is 0 Å². The number of anilines is 1. The summed E-state index contributed by atoms with van der Waals surface area (Å²) >= 11 is 6.24. The topological polar surface area (TPSA) is 96.5 Å². The molecule has 36 heavy (non-hydrogen) atoms. The van der Waals surface area contributed by atoms with E-state index in [1.807, 2.05) is 0 Å². The summed E-state index contributed by atoms with van der Waals surface area (Å²) in [5, 5.41) is 8.50. The molecule has 0 aromatic heterocycles. The number of alkyl halides is 2. The van der Waals surface area contributed by atoms with Gasteiger partial charge in [-0.25, -0.2) is 8.78 Å². The Balaban J connectivity index is 1.75. The first-order valence-electron chi connectivity index (χ1n) is 11.8. The van der Waals surface area contributed by atoms with Crippen LogP contribution in [0.5, 0.6) is 5.75 Å². The lowest BCUT2D eigenvalue weighted by molar-refractivity contribution is -0.124. The fourth-order valence-electron chi connectivity index (χ4n) is 3.54. The van der Waals surface area contributed by atoms with Crippen LogP contribution < -0.4 is 20.7 Å². The molecule has 0 saturated heterocycles. The minimum absolute atomic E-state index is 0.000308. The number of carbonyl (C=O) groups excluding carboxylic acids is 3. The van der Waals surface area contributed by atoms with Crippen LogP contribution in [-0.2, 0) is 11.3 Å². The number of benzene rings is 2. The predicted octanol–water partition coefficient (Wildman–Crippen LogP) is 5.04. The van der Waals surface area contributed by atoms with Gasteiger partial charge in [-0.2, -0.15) is 0 Å². The highest BCUT2D eigenvalue weighted by molar-refractivity contribution is 6.34. The van der Waals surface area contributed by atoms with E-state index in [0.717, 1.165) is 19.3 Å². The normalized spacial score (nSPS) is 13.3. The molecule has 3 N–H and O–H groups in total. The molecular formula is C26H30ClF2N3O4. The van der Waals surface area contributed by atoms with Crippen LogP contribution >= 0.6 is 11.6 Å². The van der Waals surface area contributed by atoms with Gasteiger partial charge in [0, 0.05) is 24.7 Å². The van der Waals surface area contributed by atoms with E-state index in [2.05, 4.69) is 16.0 Å². The number of ether oxygens (including phenoxy) is 1. The van der Waals surface area contributed by atoms with Gasteiger partial charge in [0.25, 0.3) is 18.2 Å². The van der Waals surface area contributed by atoms with Crippen LogP contribution in [0.4, 0.5) is 14.5 Å². The summed E-state index contributed by atoms with van der Waals surface area (Å²) in [6, 6.07) is 9.06. The van der Waals surface area contributed by atoms with Crippen LogP contribution in [-0.4, -0.2) is 37.3 Å². The van der Waals surface area contributed by atoms with E-state index >= 15 is 0 Å². The first-order valence-corrected chi connectivity index (χ1v) is 12.2. The molecule has 0 unspecified atom stereocenters. The lowest BCUT2D eigenvalue weighted by Crippen LogP contribution is -2.32. The monoisotopic (exact) mass is 521 g/mol. The minimum atomic E-state index is -2.70. The largest absolute Gasteiger partial charge is 0.487 e. The predicted molar refractivity (Wildman–Crippen MR) is 134 cm³/mol. The second kappa shape index (κ2) is 12.7. The van der Waals surface area contributed by atoms with E-state index in [1.54, 1.807) is 32.0 Å². The highest BCUT2D eigenvalue weighted by Crippen LogP contribution is 2.27. The van der Waals surface area contributed by atoms with Crippen molar-refractivity contribution in [2.75, 3.05) is 18.5 Å². The zero-order valence-corrected chi connectivity index (χ0v) is 21.0. The van der Waals surface area contributed by atoms with E-state index in [0.29, 0.717) is 18.0 Å². The van der Waals surface area contributed by atoms with Gasteiger partial charge in [-0.1, -0.05) is 37.9 Å². The van der Waals surface area contributed by atoms with Crippen molar-refractivity contribution in [3.8, 4) is 5.75 Å². The molecule has 1 saturated carbocycles. The third-order valence-electron chi connectivity index (χ3n) is 5.89. The number of halogens is 3. The number of hydrogen-bond acceptors (Lipinski definition) is 4. The van der Waals surface area contributed by atoms with Gasteiger partial charge in [-0.15, -0.1) is 0 Å².